The SMILES string of the molecule is C#CC(=O)OCC(O)COc1ccc(Cc2ccc(OCC(O)COC(=O)C#C)cc2)cc1. The second-order valence-corrected chi connectivity index (χ2v) is 6.88. The first kappa shape index (κ1) is 25.3. The van der Waals surface area contributed by atoms with Gasteiger partial charge >= 0.3 is 11.9 Å². The number of carbonyl (C=O) groups excluding carboxylic acids is 2. The van der Waals surface area contributed by atoms with E-state index in [1.807, 2.05) is 24.3 Å². The fourth-order valence-corrected chi connectivity index (χ4v) is 2.55. The summed E-state index contributed by atoms with van der Waals surface area (Å²) in [5.74, 6) is 3.05. The van der Waals surface area contributed by atoms with Crippen molar-refractivity contribution in [3.63, 3.8) is 0 Å². The summed E-state index contributed by atoms with van der Waals surface area (Å²) in [5, 5.41) is 19.5. The average molecular weight is 452 g/mol. The van der Waals surface area contributed by atoms with Gasteiger partial charge in [0.2, 0.25) is 0 Å². The lowest BCUT2D eigenvalue weighted by Crippen LogP contribution is -2.24. The van der Waals surface area contributed by atoms with Gasteiger partial charge in [-0.1, -0.05) is 24.3 Å². The van der Waals surface area contributed by atoms with Crippen LogP contribution in [0.2, 0.25) is 0 Å². The van der Waals surface area contributed by atoms with Gasteiger partial charge in [-0.25, -0.2) is 9.59 Å². The maximum Gasteiger partial charge on any atom is 0.384 e. The highest BCUT2D eigenvalue weighted by Crippen LogP contribution is 2.18. The van der Waals surface area contributed by atoms with E-state index in [1.54, 1.807) is 36.1 Å². The van der Waals surface area contributed by atoms with Crippen LogP contribution in [0.1, 0.15) is 11.1 Å². The Hall–Kier alpha value is -3.98. The predicted molar refractivity (Wildman–Crippen MR) is 118 cm³/mol. The molecule has 2 rings (SSSR count). The first-order valence-electron chi connectivity index (χ1n) is 9.96. The third kappa shape index (κ3) is 9.79. The quantitative estimate of drug-likeness (QED) is 0.280. The average Bonchev–Trinajstić information content (AvgIpc) is 2.84. The number of aliphatic hydroxyl groups is 2. The molecule has 0 saturated heterocycles. The van der Waals surface area contributed by atoms with Gasteiger partial charge in [-0.3, -0.25) is 0 Å². The van der Waals surface area contributed by atoms with Crippen LogP contribution >= 0.6 is 0 Å². The van der Waals surface area contributed by atoms with Gasteiger partial charge in [0.1, 0.15) is 50.1 Å². The lowest BCUT2D eigenvalue weighted by molar-refractivity contribution is -0.140. The molecule has 0 aliphatic rings. The van der Waals surface area contributed by atoms with Crippen LogP contribution in [0.5, 0.6) is 11.5 Å². The number of hydrogen-bond donors (Lipinski definition) is 2. The van der Waals surface area contributed by atoms with Crippen molar-refractivity contribution in [3.8, 4) is 36.2 Å². The second-order valence-electron chi connectivity index (χ2n) is 6.88. The molecule has 0 amide bonds. The molecule has 172 valence electrons. The molecule has 0 saturated carbocycles. The highest BCUT2D eigenvalue weighted by atomic mass is 16.6. The highest BCUT2D eigenvalue weighted by Gasteiger charge is 2.10. The molecule has 0 aliphatic heterocycles. The zero-order chi connectivity index (χ0) is 24.1. The van der Waals surface area contributed by atoms with Crippen molar-refractivity contribution in [1.29, 1.82) is 0 Å². The standard InChI is InChI=1S/C25H24O8/c1-3-24(28)32-16-20(26)14-30-22-9-5-18(6-10-22)13-19-7-11-23(12-8-19)31-15-21(27)17-33-25(29)4-2/h1-2,5-12,20-21,26-27H,13-17H2. The Kier molecular flexibility index (Phi) is 10.3. The maximum atomic E-state index is 10.9. The number of ether oxygens (including phenoxy) is 4. The Bertz CT molecular complexity index is 902. The van der Waals surface area contributed by atoms with Crippen LogP contribution in [0.25, 0.3) is 0 Å². The van der Waals surface area contributed by atoms with E-state index in [-0.39, 0.29) is 26.4 Å². The van der Waals surface area contributed by atoms with Crippen LogP contribution in [0.15, 0.2) is 48.5 Å². The summed E-state index contributed by atoms with van der Waals surface area (Å²) in [5.41, 5.74) is 2.09. The van der Waals surface area contributed by atoms with E-state index in [1.165, 1.54) is 0 Å². The highest BCUT2D eigenvalue weighted by molar-refractivity contribution is 5.87. The Morgan fingerprint density at radius 1 is 0.697 bits per heavy atom. The van der Waals surface area contributed by atoms with Crippen molar-refractivity contribution in [2.24, 2.45) is 0 Å². The van der Waals surface area contributed by atoms with Crippen molar-refractivity contribution in [1.82, 2.24) is 0 Å². The van der Waals surface area contributed by atoms with E-state index in [0.717, 1.165) is 11.1 Å². The summed E-state index contributed by atoms with van der Waals surface area (Å²) >= 11 is 0. The summed E-state index contributed by atoms with van der Waals surface area (Å²) in [6, 6.07) is 14.7. The second kappa shape index (κ2) is 13.4. The van der Waals surface area contributed by atoms with Crippen LogP contribution in [0, 0.1) is 24.7 Å². The molecular formula is C25H24O8. The third-order valence-electron chi connectivity index (χ3n) is 4.19. The first-order valence-corrected chi connectivity index (χ1v) is 9.96. The van der Waals surface area contributed by atoms with Gasteiger partial charge in [-0.05, 0) is 41.8 Å². The minimum Gasteiger partial charge on any atom is -0.491 e. The van der Waals surface area contributed by atoms with Gasteiger partial charge in [0, 0.05) is 11.8 Å². The van der Waals surface area contributed by atoms with Crippen molar-refractivity contribution in [2.75, 3.05) is 26.4 Å². The van der Waals surface area contributed by atoms with Gasteiger partial charge < -0.3 is 29.2 Å². The minimum absolute atomic E-state index is 0.0420. The number of carbonyl (C=O) groups is 2. The Morgan fingerprint density at radius 2 is 1.06 bits per heavy atom. The molecular weight excluding hydrogens is 428 g/mol. The largest absolute Gasteiger partial charge is 0.491 e. The fraction of sp³-hybridized carbons (Fsp3) is 0.280. The van der Waals surface area contributed by atoms with Gasteiger partial charge in [0.05, 0.1) is 0 Å². The van der Waals surface area contributed by atoms with Gasteiger partial charge in [0.25, 0.3) is 0 Å². The van der Waals surface area contributed by atoms with E-state index in [0.29, 0.717) is 17.9 Å². The topological polar surface area (TPSA) is 112 Å². The summed E-state index contributed by atoms with van der Waals surface area (Å²) in [6.45, 7) is -0.558. The van der Waals surface area contributed by atoms with Crippen molar-refractivity contribution >= 4 is 11.9 Å². The number of terminal acetylenes is 2. The summed E-state index contributed by atoms with van der Waals surface area (Å²) < 4.78 is 20.2. The van der Waals surface area contributed by atoms with E-state index in [9.17, 15) is 19.8 Å². The zero-order valence-corrected chi connectivity index (χ0v) is 17.8. The molecule has 0 spiro atoms. The number of benzene rings is 2. The van der Waals surface area contributed by atoms with Crippen molar-refractivity contribution in [2.45, 2.75) is 18.6 Å². The molecule has 2 atom stereocenters. The Labute approximate surface area is 192 Å². The minimum atomic E-state index is -0.984. The first-order chi connectivity index (χ1) is 15.9. The van der Waals surface area contributed by atoms with Crippen molar-refractivity contribution < 1.29 is 38.7 Å². The molecule has 0 heterocycles. The molecule has 8 nitrogen and oxygen atoms in total. The summed E-state index contributed by atoms with van der Waals surface area (Å²) in [7, 11) is 0. The van der Waals surface area contributed by atoms with Gasteiger partial charge in [-0.15, -0.1) is 12.8 Å². The Balaban J connectivity index is 1.75. The lowest BCUT2D eigenvalue weighted by Gasteiger charge is -2.13. The Morgan fingerprint density at radius 3 is 1.39 bits per heavy atom. The van der Waals surface area contributed by atoms with Gasteiger partial charge in [0.15, 0.2) is 0 Å². The molecule has 0 aliphatic carbocycles. The van der Waals surface area contributed by atoms with Crippen LogP contribution in [0.3, 0.4) is 0 Å². The van der Waals surface area contributed by atoms with Gasteiger partial charge in [-0.2, -0.15) is 0 Å². The molecule has 0 bridgehead atoms. The molecule has 2 aromatic carbocycles. The fourth-order valence-electron chi connectivity index (χ4n) is 2.55. The van der Waals surface area contributed by atoms with Crippen molar-refractivity contribution in [3.05, 3.63) is 59.7 Å². The molecule has 8 heteroatoms. The van der Waals surface area contributed by atoms with Crippen LogP contribution in [-0.2, 0) is 25.5 Å². The third-order valence-corrected chi connectivity index (χ3v) is 4.19. The number of aliphatic hydroxyl groups excluding tert-OH is 2. The molecule has 0 radical (unpaired) electrons. The molecule has 0 aromatic heterocycles. The van der Waals surface area contributed by atoms with E-state index in [2.05, 4.69) is 9.47 Å². The smallest absolute Gasteiger partial charge is 0.384 e. The number of rotatable bonds is 12. The normalized spacial score (nSPS) is 11.9. The number of esters is 2. The molecule has 2 unspecified atom stereocenters. The number of hydrogen-bond acceptors (Lipinski definition) is 8. The van der Waals surface area contributed by atoms with E-state index < -0.39 is 24.1 Å². The predicted octanol–water partition coefficient (Wildman–Crippen LogP) is 1.11. The van der Waals surface area contributed by atoms with Crippen LogP contribution in [-0.4, -0.2) is 60.8 Å². The van der Waals surface area contributed by atoms with Crippen LogP contribution in [0.4, 0.5) is 0 Å². The van der Waals surface area contributed by atoms with E-state index in [4.69, 9.17) is 22.3 Å². The lowest BCUT2D eigenvalue weighted by atomic mass is 10.0. The summed E-state index contributed by atoms with van der Waals surface area (Å²) in [6.07, 6.45) is 8.46. The monoisotopic (exact) mass is 452 g/mol. The molecule has 2 aromatic rings. The molecule has 2 N–H and O–H groups in total. The maximum absolute atomic E-state index is 10.9. The zero-order valence-electron chi connectivity index (χ0n) is 17.8. The summed E-state index contributed by atoms with van der Waals surface area (Å²) in [4.78, 5) is 21.7. The molecule has 33 heavy (non-hydrogen) atoms. The molecule has 0 fully saturated rings. The van der Waals surface area contributed by atoms with E-state index >= 15 is 0 Å². The van der Waals surface area contributed by atoms with Crippen LogP contribution < -0.4 is 9.47 Å².